The first-order valence-corrected chi connectivity index (χ1v) is 12.7. The Balaban J connectivity index is 1.57. The Morgan fingerprint density at radius 1 is 1.26 bits per heavy atom. The van der Waals surface area contributed by atoms with Crippen LogP contribution in [0, 0.1) is 11.8 Å². The third-order valence-corrected chi connectivity index (χ3v) is 8.31. The van der Waals surface area contributed by atoms with E-state index in [4.69, 9.17) is 4.74 Å². The van der Waals surface area contributed by atoms with Crippen molar-refractivity contribution in [3.8, 4) is 17.6 Å². The van der Waals surface area contributed by atoms with Gasteiger partial charge in [-0.15, -0.1) is 0 Å². The van der Waals surface area contributed by atoms with Gasteiger partial charge in [0.2, 0.25) is 0 Å². The molecule has 1 saturated heterocycles. The van der Waals surface area contributed by atoms with Gasteiger partial charge in [0.15, 0.2) is 0 Å². The maximum atomic E-state index is 12.8. The summed E-state index contributed by atoms with van der Waals surface area (Å²) in [5, 5.41) is 13.3. The van der Waals surface area contributed by atoms with E-state index in [-0.39, 0.29) is 11.8 Å². The van der Waals surface area contributed by atoms with Gasteiger partial charge < -0.3 is 19.6 Å². The number of aromatic hydroxyl groups is 1. The number of nitrogens with one attached hydrogen (secondary N) is 1. The van der Waals surface area contributed by atoms with E-state index in [1.54, 1.807) is 19.2 Å². The fraction of sp³-hybridized carbons (Fsp3) is 0.433. The van der Waals surface area contributed by atoms with Crippen LogP contribution in [0.5, 0.6) is 5.75 Å². The molecule has 2 aromatic rings. The molecule has 0 spiro atoms. The summed E-state index contributed by atoms with van der Waals surface area (Å²) >= 11 is 0. The quantitative estimate of drug-likeness (QED) is 0.334. The number of fused-ring (bicyclic) bond motifs is 1. The zero-order valence-electron chi connectivity index (χ0n) is 21.8. The van der Waals surface area contributed by atoms with Crippen molar-refractivity contribution < 1.29 is 32.3 Å². The van der Waals surface area contributed by atoms with Crippen molar-refractivity contribution in [1.29, 1.82) is 0 Å². The van der Waals surface area contributed by atoms with Gasteiger partial charge in [-0.2, -0.15) is 13.2 Å². The van der Waals surface area contributed by atoms with E-state index in [0.29, 0.717) is 24.8 Å². The third kappa shape index (κ3) is 5.45. The fourth-order valence-corrected chi connectivity index (χ4v) is 6.45. The molecule has 5 nitrogen and oxygen atoms in total. The topological polar surface area (TPSA) is 58.6 Å². The monoisotopic (exact) mass is 527 g/mol. The molecule has 2 aromatic carbocycles. The molecule has 0 aromatic heterocycles. The summed E-state index contributed by atoms with van der Waals surface area (Å²) in [6.07, 6.45) is 0.336. The predicted octanol–water partition coefficient (Wildman–Crippen LogP) is 4.79. The minimum atomic E-state index is -4.42. The summed E-state index contributed by atoms with van der Waals surface area (Å²) in [5.41, 5.74) is -0.374. The molecule has 4 atom stereocenters. The van der Waals surface area contributed by atoms with Gasteiger partial charge >= 0.3 is 6.18 Å². The molecule has 2 aliphatic rings. The molecular formula is C30H34F3N2O3+. The molecule has 0 radical (unpaired) electrons. The molecule has 1 amide bonds. The second kappa shape index (κ2) is 10.5. The van der Waals surface area contributed by atoms with Crippen molar-refractivity contribution >= 4 is 5.91 Å². The van der Waals surface area contributed by atoms with Gasteiger partial charge in [0, 0.05) is 36.5 Å². The van der Waals surface area contributed by atoms with Crippen LogP contribution in [-0.4, -0.2) is 60.9 Å². The number of carbonyl (C=O) groups is 1. The fourth-order valence-electron chi connectivity index (χ4n) is 6.45. The number of hydrogen-bond donors (Lipinski definition) is 2. The number of carbonyl (C=O) groups excluding carboxylic acids is 1. The number of methoxy groups -OCH3 is 1. The molecule has 8 heteroatoms. The van der Waals surface area contributed by atoms with Gasteiger partial charge in [-0.1, -0.05) is 24.6 Å². The molecule has 2 fully saturated rings. The SMILES string of the molecule is C=CC[N@@+]1(C)CC[C@@]2(c3cccc(O)c3)C[C@@H](NC(=O)C#Cc3ccc(C(F)(F)F)cc3)CCC2(OC)C1. The van der Waals surface area contributed by atoms with Crippen molar-refractivity contribution in [2.75, 3.05) is 33.8 Å². The lowest BCUT2D eigenvalue weighted by atomic mass is 9.54. The minimum absolute atomic E-state index is 0.175. The molecule has 1 aliphatic heterocycles. The Hall–Kier alpha value is -3.28. The minimum Gasteiger partial charge on any atom is -0.508 e. The second-order valence-electron chi connectivity index (χ2n) is 10.8. The van der Waals surface area contributed by atoms with Crippen molar-refractivity contribution in [2.24, 2.45) is 0 Å². The number of amides is 1. The normalized spacial score (nSPS) is 28.9. The zero-order chi connectivity index (χ0) is 27.6. The average Bonchev–Trinajstić information content (AvgIpc) is 2.87. The molecule has 1 unspecified atom stereocenters. The van der Waals surface area contributed by atoms with Crippen LogP contribution in [0.25, 0.3) is 0 Å². The van der Waals surface area contributed by atoms with Crippen molar-refractivity contribution in [3.05, 3.63) is 77.9 Å². The van der Waals surface area contributed by atoms with E-state index < -0.39 is 28.7 Å². The summed E-state index contributed by atoms with van der Waals surface area (Å²) < 4.78 is 45.5. The Kier molecular flexibility index (Phi) is 7.64. The van der Waals surface area contributed by atoms with Crippen LogP contribution in [0.1, 0.15) is 42.4 Å². The molecule has 1 aliphatic carbocycles. The van der Waals surface area contributed by atoms with Crippen LogP contribution in [-0.2, 0) is 21.1 Å². The van der Waals surface area contributed by atoms with Crippen LogP contribution in [0.15, 0.2) is 61.2 Å². The van der Waals surface area contributed by atoms with E-state index in [1.807, 2.05) is 18.2 Å². The smallest absolute Gasteiger partial charge is 0.416 e. The largest absolute Gasteiger partial charge is 0.508 e. The number of phenols is 1. The van der Waals surface area contributed by atoms with Gasteiger partial charge in [0.1, 0.15) is 17.9 Å². The first-order chi connectivity index (χ1) is 17.9. The molecule has 202 valence electrons. The number of rotatable bonds is 5. The number of alkyl halides is 3. The Labute approximate surface area is 221 Å². The van der Waals surface area contributed by atoms with E-state index in [2.05, 4.69) is 30.8 Å². The highest BCUT2D eigenvalue weighted by Crippen LogP contribution is 2.54. The summed E-state index contributed by atoms with van der Waals surface area (Å²) in [7, 11) is 3.95. The number of ether oxygens (including phenoxy) is 1. The van der Waals surface area contributed by atoms with Crippen molar-refractivity contribution in [2.45, 2.75) is 48.9 Å². The highest BCUT2D eigenvalue weighted by Gasteiger charge is 2.62. The van der Waals surface area contributed by atoms with Gasteiger partial charge in [-0.3, -0.25) is 4.79 Å². The van der Waals surface area contributed by atoms with Crippen LogP contribution >= 0.6 is 0 Å². The van der Waals surface area contributed by atoms with Crippen LogP contribution in [0.4, 0.5) is 13.2 Å². The zero-order valence-corrected chi connectivity index (χ0v) is 21.8. The Morgan fingerprint density at radius 3 is 2.63 bits per heavy atom. The summed E-state index contributed by atoms with van der Waals surface area (Å²) in [6, 6.07) is 11.5. The number of quaternary nitrogens is 1. The Bertz CT molecular complexity index is 1250. The molecule has 1 heterocycles. The summed E-state index contributed by atoms with van der Waals surface area (Å²) in [4.78, 5) is 12.8. The average molecular weight is 528 g/mol. The van der Waals surface area contributed by atoms with Gasteiger partial charge in [0.05, 0.1) is 25.7 Å². The third-order valence-electron chi connectivity index (χ3n) is 8.31. The first-order valence-electron chi connectivity index (χ1n) is 12.7. The number of nitrogens with zero attached hydrogens (tertiary/aromatic N) is 1. The van der Waals surface area contributed by atoms with E-state index in [0.717, 1.165) is 48.2 Å². The highest BCUT2D eigenvalue weighted by molar-refractivity contribution is 5.94. The van der Waals surface area contributed by atoms with Crippen molar-refractivity contribution in [3.63, 3.8) is 0 Å². The maximum absolute atomic E-state index is 12.8. The molecule has 38 heavy (non-hydrogen) atoms. The van der Waals surface area contributed by atoms with Gasteiger partial charge in [0.25, 0.3) is 5.91 Å². The number of likely N-dealkylation sites (tertiary alicyclic amines) is 1. The standard InChI is InChI=1S/C30H33F3N2O3/c1-4-17-35(2)18-16-28(24-6-5-7-26(36)19-24)20-25(14-15-29(28,21-35)38-3)34-27(37)13-10-22-8-11-23(12-9-22)30(31,32)33/h4-9,11-12,19,25H,1,14-18,20-21H2,2-3H3,(H-,34,36,37)/p+1/t25-,28-,29?,35-/m0/s1. The van der Waals surface area contributed by atoms with Crippen molar-refractivity contribution in [1.82, 2.24) is 5.32 Å². The Morgan fingerprint density at radius 2 is 2.00 bits per heavy atom. The molecule has 0 bridgehead atoms. The van der Waals surface area contributed by atoms with Crippen LogP contribution in [0.2, 0.25) is 0 Å². The number of hydrogen-bond acceptors (Lipinski definition) is 3. The van der Waals surface area contributed by atoms with E-state index in [9.17, 15) is 23.1 Å². The lowest BCUT2D eigenvalue weighted by molar-refractivity contribution is -0.918. The lowest BCUT2D eigenvalue weighted by Crippen LogP contribution is -2.72. The summed E-state index contributed by atoms with van der Waals surface area (Å²) in [6.45, 7) is 6.43. The number of benzene rings is 2. The number of piperidine rings is 1. The summed E-state index contributed by atoms with van der Waals surface area (Å²) in [5.74, 6) is 4.89. The van der Waals surface area contributed by atoms with Gasteiger partial charge in [-0.05, 0) is 67.3 Å². The molecular weight excluding hydrogens is 493 g/mol. The van der Waals surface area contributed by atoms with Gasteiger partial charge in [-0.25, -0.2) is 0 Å². The number of phenolic OH excluding ortho intramolecular Hbond substituents is 1. The molecule has 1 saturated carbocycles. The van der Waals surface area contributed by atoms with Crippen LogP contribution in [0.3, 0.4) is 0 Å². The molecule has 4 rings (SSSR count). The maximum Gasteiger partial charge on any atom is 0.416 e. The number of likely N-dealkylation sites (N-methyl/N-ethyl adjacent to an activating group) is 1. The van der Waals surface area contributed by atoms with Crippen LogP contribution < -0.4 is 5.32 Å². The second-order valence-corrected chi connectivity index (χ2v) is 10.8. The highest BCUT2D eigenvalue weighted by atomic mass is 19.4. The lowest BCUT2D eigenvalue weighted by Gasteiger charge is -2.61. The first kappa shape index (κ1) is 27.7. The van der Waals surface area contributed by atoms with E-state index >= 15 is 0 Å². The predicted molar refractivity (Wildman–Crippen MR) is 139 cm³/mol. The van der Waals surface area contributed by atoms with E-state index in [1.165, 1.54) is 12.1 Å². The molecule has 2 N–H and O–H groups in total. The number of halogens is 3.